The van der Waals surface area contributed by atoms with Gasteiger partial charge in [-0.15, -0.1) is 0 Å². The van der Waals surface area contributed by atoms with Crippen LogP contribution in [0.25, 0.3) is 5.57 Å². The van der Waals surface area contributed by atoms with Gasteiger partial charge in [0.2, 0.25) is 22.9 Å². The summed E-state index contributed by atoms with van der Waals surface area (Å²) in [5, 5.41) is 33.9. The van der Waals surface area contributed by atoms with Crippen molar-refractivity contribution in [1.29, 1.82) is 0 Å². The highest BCUT2D eigenvalue weighted by atomic mass is 16.5. The Kier molecular flexibility index (Phi) is 9.65. The first-order valence-corrected chi connectivity index (χ1v) is 16.9. The van der Waals surface area contributed by atoms with Crippen LogP contribution < -0.4 is 28.4 Å². The Hall–Kier alpha value is -7.20. The molecule has 10 heteroatoms. The fraction of sp³-hybridized carbons (Fsp3) is 0.0909. The smallest absolute Gasteiger partial charge is 0.215 e. The van der Waals surface area contributed by atoms with Gasteiger partial charge in [0, 0.05) is 64.6 Å². The van der Waals surface area contributed by atoms with E-state index >= 15 is 0 Å². The molecule has 270 valence electrons. The number of hydrogen-bond donors (Lipinski definition) is 3. The number of Topliss-reactive ketones (excluding diaryl/α,β-unsaturated/α-hetero) is 1. The lowest BCUT2D eigenvalue weighted by molar-refractivity contribution is -0.111. The molecule has 0 aliphatic heterocycles. The van der Waals surface area contributed by atoms with Crippen LogP contribution in [0.1, 0.15) is 5.56 Å². The SMILES string of the molecule is COc1ccc(N(c2ccc(OC)cc2)c2ccc(C3=C(O)/C(=C4\C=CC(=[N+](c5ccc(OC)cc5)c5ccc(OC)cc5)C=C4O)C3=O)c(O)c2)cc1. The van der Waals surface area contributed by atoms with Crippen LogP contribution in [0.15, 0.2) is 156 Å². The molecular formula is C44H37N2O8+. The Morgan fingerprint density at radius 1 is 0.537 bits per heavy atom. The summed E-state index contributed by atoms with van der Waals surface area (Å²) in [7, 11) is 6.39. The highest BCUT2D eigenvalue weighted by molar-refractivity contribution is 6.40. The number of aliphatic hydroxyl groups is 2. The molecule has 0 radical (unpaired) electrons. The minimum absolute atomic E-state index is 0.0453. The predicted octanol–water partition coefficient (Wildman–Crippen LogP) is 9.03. The summed E-state index contributed by atoms with van der Waals surface area (Å²) in [6, 6.07) is 34.7. The average Bonchev–Trinajstić information content (AvgIpc) is 3.21. The largest absolute Gasteiger partial charge is 0.507 e. The van der Waals surface area contributed by atoms with E-state index in [1.165, 1.54) is 12.1 Å². The number of hydrogen-bond acceptors (Lipinski definition) is 9. The van der Waals surface area contributed by atoms with E-state index in [0.29, 0.717) is 34.4 Å². The van der Waals surface area contributed by atoms with Crippen molar-refractivity contribution in [3.05, 3.63) is 162 Å². The Labute approximate surface area is 312 Å². The number of phenols is 1. The first-order valence-electron chi connectivity index (χ1n) is 16.9. The quantitative estimate of drug-likeness (QED) is 0.0958. The first kappa shape index (κ1) is 35.2. The number of aliphatic hydroxyl groups excluding tert-OH is 2. The maximum Gasteiger partial charge on any atom is 0.215 e. The van der Waals surface area contributed by atoms with Crippen molar-refractivity contribution in [2.45, 2.75) is 0 Å². The summed E-state index contributed by atoms with van der Waals surface area (Å²) in [6.45, 7) is 0. The minimum Gasteiger partial charge on any atom is -0.507 e. The van der Waals surface area contributed by atoms with Crippen molar-refractivity contribution >= 4 is 45.5 Å². The third-order valence-electron chi connectivity index (χ3n) is 9.27. The molecule has 0 spiro atoms. The average molecular weight is 722 g/mol. The summed E-state index contributed by atoms with van der Waals surface area (Å²) in [5.41, 5.74) is 4.62. The van der Waals surface area contributed by atoms with Gasteiger partial charge in [-0.25, -0.2) is 0 Å². The Morgan fingerprint density at radius 3 is 1.39 bits per heavy atom. The van der Waals surface area contributed by atoms with Crippen molar-refractivity contribution in [2.75, 3.05) is 33.3 Å². The Morgan fingerprint density at radius 2 is 0.981 bits per heavy atom. The van der Waals surface area contributed by atoms with E-state index in [9.17, 15) is 20.1 Å². The molecule has 5 aromatic carbocycles. The maximum atomic E-state index is 13.7. The van der Waals surface area contributed by atoms with Crippen molar-refractivity contribution in [3.8, 4) is 28.7 Å². The third-order valence-corrected chi connectivity index (χ3v) is 9.27. The Balaban J connectivity index is 1.24. The molecule has 54 heavy (non-hydrogen) atoms. The van der Waals surface area contributed by atoms with Gasteiger partial charge in [-0.2, -0.15) is 4.58 Å². The number of carbonyl (C=O) groups is 1. The van der Waals surface area contributed by atoms with Gasteiger partial charge in [0.15, 0.2) is 0 Å². The lowest BCUT2D eigenvalue weighted by Crippen LogP contribution is -2.24. The number of ketones is 1. The molecule has 0 unspecified atom stereocenters. The molecule has 0 bridgehead atoms. The summed E-state index contributed by atoms with van der Waals surface area (Å²) >= 11 is 0. The molecule has 3 N–H and O–H groups in total. The van der Waals surface area contributed by atoms with E-state index in [-0.39, 0.29) is 39.6 Å². The fourth-order valence-corrected chi connectivity index (χ4v) is 6.46. The van der Waals surface area contributed by atoms with Crippen molar-refractivity contribution < 1.29 is 39.1 Å². The summed E-state index contributed by atoms with van der Waals surface area (Å²) in [4.78, 5) is 15.6. The van der Waals surface area contributed by atoms with Crippen molar-refractivity contribution in [1.82, 2.24) is 4.58 Å². The van der Waals surface area contributed by atoms with Gasteiger partial charge < -0.3 is 39.2 Å². The molecule has 0 atom stereocenters. The molecule has 2 aliphatic rings. The Bertz CT molecular complexity index is 2290. The van der Waals surface area contributed by atoms with E-state index in [1.807, 2.05) is 107 Å². The fourth-order valence-electron chi connectivity index (χ4n) is 6.46. The van der Waals surface area contributed by atoms with Gasteiger partial charge in [-0.1, -0.05) is 0 Å². The number of nitrogens with zero attached hydrogens (tertiary/aromatic N) is 2. The van der Waals surface area contributed by atoms with Crippen LogP contribution in [-0.4, -0.2) is 55.3 Å². The first-order chi connectivity index (χ1) is 26.2. The molecule has 0 amide bonds. The number of aromatic hydroxyl groups is 1. The second kappa shape index (κ2) is 14.8. The number of ether oxygens (including phenoxy) is 4. The van der Waals surface area contributed by atoms with Crippen LogP contribution in [0.5, 0.6) is 28.7 Å². The third kappa shape index (κ3) is 6.52. The number of benzene rings is 5. The number of carbonyl (C=O) groups excluding carboxylic acids is 1. The molecular weight excluding hydrogens is 684 g/mol. The van der Waals surface area contributed by atoms with Crippen LogP contribution in [0.3, 0.4) is 0 Å². The van der Waals surface area contributed by atoms with Gasteiger partial charge in [0.1, 0.15) is 40.3 Å². The van der Waals surface area contributed by atoms with Gasteiger partial charge in [0.25, 0.3) is 0 Å². The monoisotopic (exact) mass is 721 g/mol. The normalized spacial score (nSPS) is 15.0. The van der Waals surface area contributed by atoms with Crippen molar-refractivity contribution in [3.63, 3.8) is 0 Å². The molecule has 0 fully saturated rings. The molecule has 10 nitrogen and oxygen atoms in total. The zero-order chi connectivity index (χ0) is 37.9. The summed E-state index contributed by atoms with van der Waals surface area (Å²) in [5.74, 6) is 1.52. The number of rotatable bonds is 10. The molecule has 0 saturated carbocycles. The standard InChI is InChI=1S/C44H36N2O8/c1-51-33-15-5-27(6-16-33)45(28-7-17-34(52-2)18-8-28)31-13-23-37(39(47)25-31)41-43(49)42(44(41)50)38-24-14-32(26-40(38)48)46(29-9-19-35(53-3)20-10-29)30-11-21-36(54-4)22-12-30/h5-26H,1-4H3,(H2,47,48,49,50)/p+1. The van der Waals surface area contributed by atoms with Gasteiger partial charge >= 0.3 is 0 Å². The highest BCUT2D eigenvalue weighted by Crippen LogP contribution is 2.45. The minimum atomic E-state index is -0.511. The van der Waals surface area contributed by atoms with Crippen LogP contribution in [0.2, 0.25) is 0 Å². The molecule has 0 heterocycles. The maximum absolute atomic E-state index is 13.7. The van der Waals surface area contributed by atoms with Crippen LogP contribution in [0, 0.1) is 0 Å². The van der Waals surface area contributed by atoms with Crippen LogP contribution in [-0.2, 0) is 4.79 Å². The van der Waals surface area contributed by atoms with E-state index < -0.39 is 5.78 Å². The summed E-state index contributed by atoms with van der Waals surface area (Å²) in [6.07, 6.45) is 4.89. The molecule has 0 aromatic heterocycles. The summed E-state index contributed by atoms with van der Waals surface area (Å²) < 4.78 is 23.3. The van der Waals surface area contributed by atoms with E-state index in [2.05, 4.69) is 0 Å². The number of methoxy groups -OCH3 is 4. The predicted molar refractivity (Wildman–Crippen MR) is 210 cm³/mol. The lowest BCUT2D eigenvalue weighted by atomic mass is 9.79. The van der Waals surface area contributed by atoms with Crippen LogP contribution in [0.4, 0.5) is 28.4 Å². The molecule has 7 rings (SSSR count). The zero-order valence-electron chi connectivity index (χ0n) is 30.0. The van der Waals surface area contributed by atoms with E-state index in [0.717, 1.165) is 22.7 Å². The highest BCUT2D eigenvalue weighted by Gasteiger charge is 2.39. The number of phenolic OH excluding ortho intramolecular Hbond substituents is 1. The second-order valence-electron chi connectivity index (χ2n) is 12.3. The number of allylic oxidation sites excluding steroid dienone is 5. The lowest BCUT2D eigenvalue weighted by Gasteiger charge is -2.28. The van der Waals surface area contributed by atoms with Gasteiger partial charge in [0.05, 0.1) is 45.7 Å². The zero-order valence-corrected chi connectivity index (χ0v) is 30.0. The molecule has 2 aliphatic carbocycles. The topological polar surface area (TPSA) is 121 Å². The van der Waals surface area contributed by atoms with E-state index in [1.54, 1.807) is 52.7 Å². The van der Waals surface area contributed by atoms with Crippen LogP contribution >= 0.6 is 0 Å². The second-order valence-corrected chi connectivity index (χ2v) is 12.3. The van der Waals surface area contributed by atoms with Crippen molar-refractivity contribution in [2.24, 2.45) is 0 Å². The number of anilines is 3. The molecule has 5 aromatic rings. The van der Waals surface area contributed by atoms with E-state index in [4.69, 9.17) is 18.9 Å². The molecule has 0 saturated heterocycles. The van der Waals surface area contributed by atoms with Gasteiger partial charge in [-0.05, 0) is 91.0 Å². The van der Waals surface area contributed by atoms with Gasteiger partial charge in [-0.3, -0.25) is 4.79 Å².